The molecule has 34 heavy (non-hydrogen) atoms. The van der Waals surface area contributed by atoms with Gasteiger partial charge >= 0.3 is 0 Å². The molecule has 9 nitrogen and oxygen atoms in total. The number of likely N-dealkylation sites (tertiary alicyclic amines) is 1. The third-order valence-electron chi connectivity index (χ3n) is 5.92. The summed E-state index contributed by atoms with van der Waals surface area (Å²) in [4.78, 5) is 27.8. The molecule has 1 aliphatic rings. The van der Waals surface area contributed by atoms with Crippen LogP contribution in [0, 0.1) is 0 Å². The Balaban J connectivity index is 1.40. The van der Waals surface area contributed by atoms with Gasteiger partial charge in [0.25, 0.3) is 5.91 Å². The largest absolute Gasteiger partial charge is 0.375 e. The maximum atomic E-state index is 12.5. The van der Waals surface area contributed by atoms with Gasteiger partial charge < -0.3 is 15.3 Å². The first kappa shape index (κ1) is 22.2. The van der Waals surface area contributed by atoms with Crippen molar-refractivity contribution >= 4 is 29.0 Å². The van der Waals surface area contributed by atoms with E-state index < -0.39 is 5.60 Å². The van der Waals surface area contributed by atoms with Gasteiger partial charge in [-0.3, -0.25) is 4.79 Å². The summed E-state index contributed by atoms with van der Waals surface area (Å²) in [6, 6.07) is 11.3. The lowest BCUT2D eigenvalue weighted by Gasteiger charge is -2.21. The van der Waals surface area contributed by atoms with Gasteiger partial charge in [-0.05, 0) is 31.5 Å². The van der Waals surface area contributed by atoms with E-state index in [4.69, 9.17) is 4.98 Å². The highest BCUT2D eigenvalue weighted by atomic mass is 32.1. The second-order valence-corrected chi connectivity index (χ2v) is 9.46. The zero-order chi connectivity index (χ0) is 23.9. The van der Waals surface area contributed by atoms with E-state index in [0.29, 0.717) is 30.2 Å². The Morgan fingerprint density at radius 1 is 1.15 bits per heavy atom. The highest BCUT2D eigenvalue weighted by Gasteiger charge is 2.45. The van der Waals surface area contributed by atoms with Gasteiger partial charge in [0.2, 0.25) is 5.95 Å². The number of hydrogen-bond acceptors (Lipinski definition) is 8. The minimum absolute atomic E-state index is 0.204. The van der Waals surface area contributed by atoms with Gasteiger partial charge in [-0.1, -0.05) is 18.2 Å². The van der Waals surface area contributed by atoms with Gasteiger partial charge in [-0.15, -0.1) is 11.3 Å². The van der Waals surface area contributed by atoms with E-state index >= 15 is 0 Å². The summed E-state index contributed by atoms with van der Waals surface area (Å²) < 4.78 is 1.87. The lowest BCUT2D eigenvalue weighted by molar-refractivity contribution is -0.143. The number of benzene rings is 1. The van der Waals surface area contributed by atoms with Crippen LogP contribution in [-0.4, -0.2) is 54.2 Å². The molecule has 10 heteroatoms. The van der Waals surface area contributed by atoms with Crippen molar-refractivity contribution < 1.29 is 9.90 Å². The molecule has 1 aromatic carbocycles. The number of aromatic nitrogens is 5. The van der Waals surface area contributed by atoms with Crippen molar-refractivity contribution in [2.75, 3.05) is 18.9 Å². The molecule has 5 rings (SSSR count). The van der Waals surface area contributed by atoms with Crippen molar-refractivity contribution in [3.63, 3.8) is 0 Å². The Hall–Kier alpha value is -3.63. The Labute approximate surface area is 201 Å². The predicted molar refractivity (Wildman–Crippen MR) is 131 cm³/mol. The summed E-state index contributed by atoms with van der Waals surface area (Å²) in [6.07, 6.45) is 3.81. The molecule has 1 atom stereocenters. The number of nitrogens with zero attached hydrogens (tertiary/aromatic N) is 6. The standard InChI is InChI=1S/C24H25N7O2S/c1-15(2)31-20(8-11-26-31)29-23-25-10-7-18(28-23)19-14-34-21(27-19)16-5-4-6-17(13-16)24(33)9-12-30(3)22(24)32/h4-8,10-11,13-15,33H,9,12H2,1-3H3,(H,25,28,29). The fraction of sp³-hybridized carbons (Fsp3) is 0.292. The molecule has 174 valence electrons. The van der Waals surface area contributed by atoms with Crippen LogP contribution in [0.4, 0.5) is 11.8 Å². The molecule has 0 saturated carbocycles. The molecule has 2 N–H and O–H groups in total. The summed E-state index contributed by atoms with van der Waals surface area (Å²) in [6.45, 7) is 4.64. The smallest absolute Gasteiger partial charge is 0.258 e. The molecule has 1 saturated heterocycles. The minimum Gasteiger partial charge on any atom is -0.375 e. The first-order chi connectivity index (χ1) is 16.3. The summed E-state index contributed by atoms with van der Waals surface area (Å²) in [5.41, 5.74) is 1.37. The predicted octanol–water partition coefficient (Wildman–Crippen LogP) is 3.84. The first-order valence-electron chi connectivity index (χ1n) is 11.0. The number of hydrogen-bond donors (Lipinski definition) is 2. The summed E-state index contributed by atoms with van der Waals surface area (Å²) in [5.74, 6) is 1.000. The van der Waals surface area contributed by atoms with Crippen LogP contribution in [0.25, 0.3) is 22.0 Å². The van der Waals surface area contributed by atoms with Gasteiger partial charge in [-0.2, -0.15) is 5.10 Å². The number of carbonyl (C=O) groups excluding carboxylic acids is 1. The van der Waals surface area contributed by atoms with Crippen molar-refractivity contribution in [2.24, 2.45) is 0 Å². The summed E-state index contributed by atoms with van der Waals surface area (Å²) in [5, 5.41) is 21.3. The third-order valence-corrected chi connectivity index (χ3v) is 6.81. The van der Waals surface area contributed by atoms with Crippen LogP contribution in [0.1, 0.15) is 31.9 Å². The molecule has 1 amide bonds. The monoisotopic (exact) mass is 475 g/mol. The summed E-state index contributed by atoms with van der Waals surface area (Å²) in [7, 11) is 1.71. The van der Waals surface area contributed by atoms with E-state index in [1.165, 1.54) is 11.3 Å². The van der Waals surface area contributed by atoms with E-state index in [2.05, 4.69) is 34.2 Å². The van der Waals surface area contributed by atoms with E-state index in [1.807, 2.05) is 40.4 Å². The third kappa shape index (κ3) is 3.95. The van der Waals surface area contributed by atoms with Crippen molar-refractivity contribution in [2.45, 2.75) is 31.9 Å². The zero-order valence-corrected chi connectivity index (χ0v) is 20.0. The molecule has 0 radical (unpaired) electrons. The Bertz CT molecular complexity index is 1350. The number of amides is 1. The maximum absolute atomic E-state index is 12.5. The number of anilines is 2. The van der Waals surface area contributed by atoms with Gasteiger partial charge in [-0.25, -0.2) is 19.6 Å². The van der Waals surface area contributed by atoms with Crippen LogP contribution in [0.2, 0.25) is 0 Å². The molecule has 1 fully saturated rings. The van der Waals surface area contributed by atoms with Crippen LogP contribution >= 0.6 is 11.3 Å². The zero-order valence-electron chi connectivity index (χ0n) is 19.1. The van der Waals surface area contributed by atoms with Crippen molar-refractivity contribution in [1.29, 1.82) is 0 Å². The summed E-state index contributed by atoms with van der Waals surface area (Å²) >= 11 is 1.48. The molecule has 0 aliphatic carbocycles. The Kier molecular flexibility index (Phi) is 5.62. The molecule has 0 bridgehead atoms. The number of aliphatic hydroxyl groups is 1. The first-order valence-corrected chi connectivity index (χ1v) is 11.9. The average Bonchev–Trinajstić information content (AvgIpc) is 3.57. The van der Waals surface area contributed by atoms with Gasteiger partial charge in [0.05, 0.1) is 11.9 Å². The SMILES string of the molecule is CC(C)n1nccc1Nc1nccc(-c2csc(-c3cccc(C4(O)CCN(C)C4=O)c3)n2)n1. The van der Waals surface area contributed by atoms with Gasteiger partial charge in [0.1, 0.15) is 16.5 Å². The topological polar surface area (TPSA) is 109 Å². The van der Waals surface area contributed by atoms with Crippen LogP contribution < -0.4 is 5.32 Å². The van der Waals surface area contributed by atoms with Crippen LogP contribution in [0.3, 0.4) is 0 Å². The quantitative estimate of drug-likeness (QED) is 0.436. The van der Waals surface area contributed by atoms with Gasteiger partial charge in [0, 0.05) is 49.3 Å². The van der Waals surface area contributed by atoms with Crippen molar-refractivity contribution in [1.82, 2.24) is 29.6 Å². The van der Waals surface area contributed by atoms with E-state index in [9.17, 15) is 9.90 Å². The van der Waals surface area contributed by atoms with E-state index in [-0.39, 0.29) is 11.9 Å². The fourth-order valence-electron chi connectivity index (χ4n) is 4.06. The Morgan fingerprint density at radius 3 is 2.76 bits per heavy atom. The minimum atomic E-state index is -1.49. The second kappa shape index (κ2) is 8.62. The van der Waals surface area contributed by atoms with Gasteiger partial charge in [0.15, 0.2) is 5.60 Å². The molecular weight excluding hydrogens is 450 g/mol. The molecule has 1 aliphatic heterocycles. The molecular formula is C24H25N7O2S. The molecule has 3 aromatic heterocycles. The van der Waals surface area contributed by atoms with Crippen LogP contribution in [-0.2, 0) is 10.4 Å². The normalized spacial score (nSPS) is 18.1. The van der Waals surface area contributed by atoms with E-state index in [1.54, 1.807) is 30.4 Å². The number of nitrogens with one attached hydrogen (secondary N) is 1. The lowest BCUT2D eigenvalue weighted by Crippen LogP contribution is -2.36. The van der Waals surface area contributed by atoms with E-state index in [0.717, 1.165) is 22.1 Å². The van der Waals surface area contributed by atoms with Crippen LogP contribution in [0.5, 0.6) is 0 Å². The fourth-order valence-corrected chi connectivity index (χ4v) is 4.87. The molecule has 0 spiro atoms. The second-order valence-electron chi connectivity index (χ2n) is 8.60. The Morgan fingerprint density at radius 2 is 2.00 bits per heavy atom. The molecule has 1 unspecified atom stereocenters. The highest BCUT2D eigenvalue weighted by Crippen LogP contribution is 2.36. The maximum Gasteiger partial charge on any atom is 0.258 e. The number of rotatable bonds is 6. The molecule has 4 aromatic rings. The van der Waals surface area contributed by atoms with Crippen LogP contribution in [0.15, 0.2) is 54.2 Å². The van der Waals surface area contributed by atoms with Crippen molar-refractivity contribution in [3.05, 3.63) is 59.7 Å². The number of thiazole rings is 1. The van der Waals surface area contributed by atoms with Crippen molar-refractivity contribution in [3.8, 4) is 22.0 Å². The lowest BCUT2D eigenvalue weighted by atomic mass is 9.91. The molecule has 4 heterocycles. The average molecular weight is 476 g/mol. The number of carbonyl (C=O) groups is 1. The number of likely N-dealkylation sites (N-methyl/N-ethyl adjacent to an activating group) is 1. The highest BCUT2D eigenvalue weighted by molar-refractivity contribution is 7.13.